The average Bonchev–Trinajstić information content (AvgIpc) is 2.21. The van der Waals surface area contributed by atoms with Crippen molar-refractivity contribution in [3.05, 3.63) is 0 Å². The van der Waals surface area contributed by atoms with Crippen LogP contribution < -0.4 is 5.32 Å². The molecule has 1 unspecified atom stereocenters. The summed E-state index contributed by atoms with van der Waals surface area (Å²) in [6.45, 7) is 2.03. The maximum atomic E-state index is 11.4. The fourth-order valence-electron chi connectivity index (χ4n) is 0.886. The van der Waals surface area contributed by atoms with E-state index in [9.17, 15) is 9.59 Å². The number of aliphatic carboxylic acids is 1. The Labute approximate surface area is 89.4 Å². The molecule has 5 heteroatoms. The van der Waals surface area contributed by atoms with Crippen molar-refractivity contribution in [2.75, 3.05) is 13.6 Å². The van der Waals surface area contributed by atoms with Gasteiger partial charge in [0.15, 0.2) is 0 Å². The van der Waals surface area contributed by atoms with Gasteiger partial charge in [-0.25, -0.2) is 4.79 Å². The summed E-state index contributed by atoms with van der Waals surface area (Å²) in [5, 5.41) is 11.0. The van der Waals surface area contributed by atoms with E-state index in [2.05, 4.69) is 11.2 Å². The summed E-state index contributed by atoms with van der Waals surface area (Å²) >= 11 is 0. The summed E-state index contributed by atoms with van der Waals surface area (Å²) in [6, 6.07) is -0.647. The molecule has 0 aliphatic carbocycles. The number of carbonyl (C=O) groups is 2. The minimum atomic E-state index is -0.932. The first-order valence-corrected chi connectivity index (χ1v) is 4.70. The van der Waals surface area contributed by atoms with E-state index < -0.39 is 5.97 Å². The Kier molecular flexibility index (Phi) is 5.95. The molecular formula is C10H16N2O3. The Bertz CT molecular complexity index is 270. The molecule has 0 spiro atoms. The zero-order valence-corrected chi connectivity index (χ0v) is 8.99. The number of urea groups is 1. The molecule has 2 amide bonds. The largest absolute Gasteiger partial charge is 0.481 e. The molecule has 0 fully saturated rings. The minimum Gasteiger partial charge on any atom is -0.481 e. The number of rotatable bonds is 5. The van der Waals surface area contributed by atoms with E-state index in [1.807, 2.05) is 6.92 Å². The Morgan fingerprint density at radius 1 is 1.60 bits per heavy atom. The van der Waals surface area contributed by atoms with Crippen molar-refractivity contribution in [1.29, 1.82) is 0 Å². The molecule has 0 saturated carbocycles. The van der Waals surface area contributed by atoms with Gasteiger partial charge in [0.1, 0.15) is 0 Å². The summed E-state index contributed by atoms with van der Waals surface area (Å²) in [4.78, 5) is 23.0. The molecule has 0 saturated heterocycles. The van der Waals surface area contributed by atoms with Gasteiger partial charge in [0.05, 0.1) is 12.5 Å². The molecule has 0 aromatic rings. The number of nitrogens with zero attached hydrogens (tertiary/aromatic N) is 1. The second-order valence-electron chi connectivity index (χ2n) is 3.14. The van der Waals surface area contributed by atoms with Crippen LogP contribution in [0.1, 0.15) is 19.8 Å². The molecule has 0 radical (unpaired) electrons. The quantitative estimate of drug-likeness (QED) is 0.652. The normalized spacial score (nSPS) is 11.3. The smallest absolute Gasteiger partial charge is 0.318 e. The second-order valence-corrected chi connectivity index (χ2v) is 3.14. The van der Waals surface area contributed by atoms with Gasteiger partial charge in [0.25, 0.3) is 0 Å². The van der Waals surface area contributed by atoms with E-state index in [0.717, 1.165) is 0 Å². The van der Waals surface area contributed by atoms with Gasteiger partial charge in [0, 0.05) is 13.6 Å². The first-order valence-electron chi connectivity index (χ1n) is 4.70. The van der Waals surface area contributed by atoms with Gasteiger partial charge in [-0.3, -0.25) is 4.79 Å². The Morgan fingerprint density at radius 3 is 2.60 bits per heavy atom. The van der Waals surface area contributed by atoms with E-state index in [0.29, 0.717) is 6.42 Å². The van der Waals surface area contributed by atoms with Crippen molar-refractivity contribution >= 4 is 12.0 Å². The summed E-state index contributed by atoms with van der Waals surface area (Å²) in [5.74, 6) is 1.50. The van der Waals surface area contributed by atoms with Crippen LogP contribution in [0.4, 0.5) is 4.79 Å². The van der Waals surface area contributed by atoms with Crippen LogP contribution in [0.15, 0.2) is 0 Å². The van der Waals surface area contributed by atoms with E-state index in [-0.39, 0.29) is 25.0 Å². The first-order chi connectivity index (χ1) is 7.01. The highest BCUT2D eigenvalue weighted by atomic mass is 16.4. The fourth-order valence-corrected chi connectivity index (χ4v) is 0.886. The van der Waals surface area contributed by atoms with E-state index in [1.54, 1.807) is 0 Å². The van der Waals surface area contributed by atoms with Crippen LogP contribution in [0.25, 0.3) is 0 Å². The second kappa shape index (κ2) is 6.71. The van der Waals surface area contributed by atoms with Crippen LogP contribution in [0, 0.1) is 12.3 Å². The van der Waals surface area contributed by atoms with Crippen LogP contribution in [0.5, 0.6) is 0 Å². The van der Waals surface area contributed by atoms with Crippen LogP contribution in [0.2, 0.25) is 0 Å². The Morgan fingerprint density at radius 2 is 2.20 bits per heavy atom. The highest BCUT2D eigenvalue weighted by molar-refractivity contribution is 5.75. The van der Waals surface area contributed by atoms with Gasteiger partial charge in [-0.2, -0.15) is 0 Å². The van der Waals surface area contributed by atoms with Gasteiger partial charge < -0.3 is 15.3 Å². The van der Waals surface area contributed by atoms with Crippen LogP contribution in [0.3, 0.4) is 0 Å². The van der Waals surface area contributed by atoms with Crippen molar-refractivity contribution < 1.29 is 14.7 Å². The molecule has 0 aliphatic rings. The van der Waals surface area contributed by atoms with Crippen molar-refractivity contribution in [3.63, 3.8) is 0 Å². The molecular weight excluding hydrogens is 196 g/mol. The molecule has 84 valence electrons. The predicted octanol–water partition coefficient (Wildman–Crippen LogP) is 0.514. The third-order valence-corrected chi connectivity index (χ3v) is 1.91. The molecule has 0 heterocycles. The van der Waals surface area contributed by atoms with Crippen LogP contribution in [-0.4, -0.2) is 41.6 Å². The lowest BCUT2D eigenvalue weighted by atomic mass is 10.2. The highest BCUT2D eigenvalue weighted by Gasteiger charge is 2.12. The van der Waals surface area contributed by atoms with Crippen molar-refractivity contribution in [1.82, 2.24) is 10.2 Å². The monoisotopic (exact) mass is 212 g/mol. The summed E-state index contributed by atoms with van der Waals surface area (Å²) in [7, 11) is 1.53. The van der Waals surface area contributed by atoms with E-state index in [4.69, 9.17) is 11.5 Å². The average molecular weight is 212 g/mol. The topological polar surface area (TPSA) is 69.6 Å². The highest BCUT2D eigenvalue weighted by Crippen LogP contribution is 1.93. The van der Waals surface area contributed by atoms with Crippen molar-refractivity contribution in [2.24, 2.45) is 0 Å². The van der Waals surface area contributed by atoms with Crippen LogP contribution in [-0.2, 0) is 4.79 Å². The Hall–Kier alpha value is -1.70. The maximum absolute atomic E-state index is 11.4. The maximum Gasteiger partial charge on any atom is 0.318 e. The lowest BCUT2D eigenvalue weighted by Crippen LogP contribution is -2.43. The van der Waals surface area contributed by atoms with Gasteiger partial charge in [-0.1, -0.05) is 12.8 Å². The third-order valence-electron chi connectivity index (χ3n) is 1.91. The van der Waals surface area contributed by atoms with Crippen molar-refractivity contribution in [3.8, 4) is 12.3 Å². The van der Waals surface area contributed by atoms with Crippen LogP contribution >= 0.6 is 0 Å². The number of hydrogen-bond acceptors (Lipinski definition) is 2. The molecule has 1 atom stereocenters. The molecule has 0 aliphatic heterocycles. The van der Waals surface area contributed by atoms with E-state index >= 15 is 0 Å². The zero-order chi connectivity index (χ0) is 11.8. The Balaban J connectivity index is 3.99. The molecule has 0 aromatic heterocycles. The molecule has 15 heavy (non-hydrogen) atoms. The van der Waals surface area contributed by atoms with E-state index in [1.165, 1.54) is 11.9 Å². The number of carbonyl (C=O) groups excluding carboxylic acids is 1. The summed E-state index contributed by atoms with van der Waals surface area (Å²) in [5.41, 5.74) is 0. The first kappa shape index (κ1) is 13.3. The number of hydrogen-bond donors (Lipinski definition) is 2. The lowest BCUT2D eigenvalue weighted by molar-refractivity contribution is -0.137. The van der Waals surface area contributed by atoms with Gasteiger partial charge >= 0.3 is 12.0 Å². The van der Waals surface area contributed by atoms with Gasteiger partial charge in [0.2, 0.25) is 0 Å². The number of carboxylic acid groups (broad SMARTS) is 1. The number of carboxylic acids is 1. The SMILES string of the molecule is C#CC(CC)NC(=O)N(C)CCC(=O)O. The third kappa shape index (κ3) is 5.57. The molecule has 0 aromatic carbocycles. The fraction of sp³-hybridized carbons (Fsp3) is 0.600. The molecule has 0 bridgehead atoms. The van der Waals surface area contributed by atoms with Crippen molar-refractivity contribution in [2.45, 2.75) is 25.8 Å². The summed E-state index contributed by atoms with van der Waals surface area (Å²) < 4.78 is 0. The number of terminal acetylenes is 1. The van der Waals surface area contributed by atoms with Gasteiger partial charge in [-0.15, -0.1) is 6.42 Å². The van der Waals surface area contributed by atoms with Gasteiger partial charge in [-0.05, 0) is 6.42 Å². The lowest BCUT2D eigenvalue weighted by Gasteiger charge is -2.19. The molecule has 5 nitrogen and oxygen atoms in total. The minimum absolute atomic E-state index is 0.0727. The standard InChI is InChI=1S/C10H16N2O3/c1-4-8(5-2)11-10(15)12(3)7-6-9(13)14/h1,8H,5-7H2,2-3H3,(H,11,15)(H,13,14). The molecule has 2 N–H and O–H groups in total. The number of nitrogens with one attached hydrogen (secondary N) is 1. The number of amides is 2. The molecule has 0 rings (SSSR count). The summed E-state index contributed by atoms with van der Waals surface area (Å²) in [6.07, 6.45) is 5.75. The predicted molar refractivity (Wildman–Crippen MR) is 56.3 cm³/mol. The zero-order valence-electron chi connectivity index (χ0n) is 8.99.